The molecule has 7 heteroatoms. The zero-order chi connectivity index (χ0) is 13.0. The second-order valence-electron chi connectivity index (χ2n) is 3.87. The Morgan fingerprint density at radius 3 is 2.35 bits per heavy atom. The third-order valence-electron chi connectivity index (χ3n) is 2.76. The second-order valence-corrected chi connectivity index (χ2v) is 3.87. The Morgan fingerprint density at radius 1 is 1.35 bits per heavy atom. The molecule has 5 atom stereocenters. The van der Waals surface area contributed by atoms with E-state index in [4.69, 9.17) is 19.3 Å². The third kappa shape index (κ3) is 3.14. The maximum atomic E-state index is 11.0. The molecule has 0 aromatic carbocycles. The fourth-order valence-corrected chi connectivity index (χ4v) is 2.02. The number of aliphatic hydroxyl groups excluding tert-OH is 2. The summed E-state index contributed by atoms with van der Waals surface area (Å²) in [7, 11) is 2.89. The van der Waals surface area contributed by atoms with Crippen molar-refractivity contribution in [2.45, 2.75) is 37.6 Å². The van der Waals surface area contributed by atoms with E-state index < -0.39 is 30.6 Å². The van der Waals surface area contributed by atoms with Crippen molar-refractivity contribution in [2.75, 3.05) is 20.8 Å². The first-order valence-electron chi connectivity index (χ1n) is 5.32. The summed E-state index contributed by atoms with van der Waals surface area (Å²) in [5.41, 5.74) is 0. The Bertz CT molecular complexity index is 261. The number of aliphatic hydroxyl groups is 2. The monoisotopic (exact) mass is 249 g/mol. The van der Waals surface area contributed by atoms with Gasteiger partial charge < -0.3 is 29.7 Å². The fraction of sp³-hybridized carbons (Fsp3) is 0.900. The Hall–Kier alpha value is -0.730. The van der Waals surface area contributed by atoms with E-state index in [2.05, 4.69) is 5.32 Å². The highest BCUT2D eigenvalue weighted by Crippen LogP contribution is 2.23. The first-order chi connectivity index (χ1) is 8.04. The van der Waals surface area contributed by atoms with Gasteiger partial charge in [-0.15, -0.1) is 0 Å². The Kier molecular flexibility index (Phi) is 5.29. The van der Waals surface area contributed by atoms with Crippen LogP contribution in [0.5, 0.6) is 0 Å². The van der Waals surface area contributed by atoms with Gasteiger partial charge in [0, 0.05) is 21.1 Å². The zero-order valence-corrected chi connectivity index (χ0v) is 10.1. The van der Waals surface area contributed by atoms with Crippen LogP contribution in [0.3, 0.4) is 0 Å². The molecule has 0 aromatic heterocycles. The number of rotatable bonds is 4. The smallest absolute Gasteiger partial charge is 0.217 e. The van der Waals surface area contributed by atoms with E-state index in [0.29, 0.717) is 0 Å². The van der Waals surface area contributed by atoms with Crippen molar-refractivity contribution in [1.29, 1.82) is 0 Å². The SMILES string of the molecule is CO[C@@H]1[C@@H](OC)[C@H](NC(C)=O)[C@@H](O)O[C@H]1CO. The first-order valence-corrected chi connectivity index (χ1v) is 5.32. The van der Waals surface area contributed by atoms with E-state index in [-0.39, 0.29) is 12.5 Å². The highest BCUT2D eigenvalue weighted by molar-refractivity contribution is 5.73. The Morgan fingerprint density at radius 2 is 1.94 bits per heavy atom. The molecule has 0 spiro atoms. The second kappa shape index (κ2) is 6.27. The molecular formula is C10H19NO6. The standard InChI is InChI=1S/C10H19NO6/c1-5(13)11-7-9(16-3)8(15-2)6(4-12)17-10(7)14/h6-10,12,14H,4H2,1-3H3,(H,11,13)/t6-,7-,8-,9-,10-/m0/s1. The largest absolute Gasteiger partial charge is 0.394 e. The minimum atomic E-state index is -1.24. The summed E-state index contributed by atoms with van der Waals surface area (Å²) < 4.78 is 15.6. The lowest BCUT2D eigenvalue weighted by Crippen LogP contribution is -2.65. The van der Waals surface area contributed by atoms with Crippen molar-refractivity contribution < 1.29 is 29.2 Å². The quantitative estimate of drug-likeness (QED) is 0.545. The molecular weight excluding hydrogens is 230 g/mol. The van der Waals surface area contributed by atoms with Crippen LogP contribution in [0.15, 0.2) is 0 Å². The van der Waals surface area contributed by atoms with Crippen LogP contribution in [0.1, 0.15) is 6.92 Å². The molecule has 0 bridgehead atoms. The molecule has 17 heavy (non-hydrogen) atoms. The van der Waals surface area contributed by atoms with Crippen molar-refractivity contribution in [2.24, 2.45) is 0 Å². The number of carbonyl (C=O) groups excluding carboxylic acids is 1. The van der Waals surface area contributed by atoms with Crippen molar-refractivity contribution in [1.82, 2.24) is 5.32 Å². The molecule has 0 unspecified atom stereocenters. The highest BCUT2D eigenvalue weighted by Gasteiger charge is 2.46. The molecule has 1 rings (SSSR count). The van der Waals surface area contributed by atoms with Gasteiger partial charge in [-0.1, -0.05) is 0 Å². The maximum Gasteiger partial charge on any atom is 0.217 e. The normalized spacial score (nSPS) is 37.8. The predicted molar refractivity (Wildman–Crippen MR) is 57.2 cm³/mol. The zero-order valence-electron chi connectivity index (χ0n) is 10.1. The summed E-state index contributed by atoms with van der Waals surface area (Å²) >= 11 is 0. The molecule has 1 aliphatic heterocycles. The van der Waals surface area contributed by atoms with Gasteiger partial charge in [-0.3, -0.25) is 4.79 Å². The molecule has 0 aromatic rings. The molecule has 1 aliphatic rings. The van der Waals surface area contributed by atoms with E-state index >= 15 is 0 Å². The molecule has 3 N–H and O–H groups in total. The number of hydrogen-bond acceptors (Lipinski definition) is 6. The maximum absolute atomic E-state index is 11.0. The van der Waals surface area contributed by atoms with Gasteiger partial charge in [0.05, 0.1) is 6.61 Å². The number of carbonyl (C=O) groups is 1. The van der Waals surface area contributed by atoms with E-state index in [1.54, 1.807) is 0 Å². The number of ether oxygens (including phenoxy) is 3. The summed E-state index contributed by atoms with van der Waals surface area (Å²) in [5, 5.41) is 21.4. The van der Waals surface area contributed by atoms with Crippen LogP contribution in [0.25, 0.3) is 0 Å². The lowest BCUT2D eigenvalue weighted by atomic mass is 9.96. The summed E-state index contributed by atoms with van der Waals surface area (Å²) in [4.78, 5) is 11.0. The molecule has 1 heterocycles. The van der Waals surface area contributed by atoms with Crippen LogP contribution < -0.4 is 5.32 Å². The van der Waals surface area contributed by atoms with Crippen LogP contribution in [-0.2, 0) is 19.0 Å². The minimum Gasteiger partial charge on any atom is -0.394 e. The van der Waals surface area contributed by atoms with Crippen molar-refractivity contribution in [3.05, 3.63) is 0 Å². The van der Waals surface area contributed by atoms with Gasteiger partial charge in [-0.05, 0) is 0 Å². The van der Waals surface area contributed by atoms with Crippen LogP contribution in [0, 0.1) is 0 Å². The Balaban J connectivity index is 2.86. The van der Waals surface area contributed by atoms with Crippen molar-refractivity contribution in [3.8, 4) is 0 Å². The van der Waals surface area contributed by atoms with E-state index in [0.717, 1.165) is 0 Å². The molecule has 1 fully saturated rings. The predicted octanol–water partition coefficient (Wildman–Crippen LogP) is -1.77. The van der Waals surface area contributed by atoms with Crippen molar-refractivity contribution >= 4 is 5.91 Å². The number of nitrogens with one attached hydrogen (secondary N) is 1. The van der Waals surface area contributed by atoms with Gasteiger partial charge in [0.1, 0.15) is 24.4 Å². The average molecular weight is 249 g/mol. The van der Waals surface area contributed by atoms with Gasteiger partial charge in [0.25, 0.3) is 0 Å². The van der Waals surface area contributed by atoms with Gasteiger partial charge in [0.2, 0.25) is 5.91 Å². The lowest BCUT2D eigenvalue weighted by Gasteiger charge is -2.43. The van der Waals surface area contributed by atoms with Gasteiger partial charge in [-0.25, -0.2) is 0 Å². The van der Waals surface area contributed by atoms with E-state index in [9.17, 15) is 9.90 Å². The molecule has 7 nitrogen and oxygen atoms in total. The molecule has 0 saturated carbocycles. The fourth-order valence-electron chi connectivity index (χ4n) is 2.02. The third-order valence-corrected chi connectivity index (χ3v) is 2.76. The molecule has 1 amide bonds. The molecule has 1 saturated heterocycles. The highest BCUT2D eigenvalue weighted by atomic mass is 16.6. The summed E-state index contributed by atoms with van der Waals surface area (Å²) in [6.07, 6.45) is -3.09. The van der Waals surface area contributed by atoms with Gasteiger partial charge in [-0.2, -0.15) is 0 Å². The van der Waals surface area contributed by atoms with E-state index in [1.807, 2.05) is 0 Å². The topological polar surface area (TPSA) is 97.3 Å². The summed E-state index contributed by atoms with van der Waals surface area (Å²) in [6.45, 7) is 1.03. The van der Waals surface area contributed by atoms with Crippen LogP contribution in [-0.4, -0.2) is 67.6 Å². The van der Waals surface area contributed by atoms with Gasteiger partial charge >= 0.3 is 0 Å². The number of hydrogen-bond donors (Lipinski definition) is 3. The molecule has 100 valence electrons. The number of methoxy groups -OCH3 is 2. The average Bonchev–Trinajstić information content (AvgIpc) is 2.30. The molecule has 0 radical (unpaired) electrons. The first kappa shape index (κ1) is 14.3. The lowest BCUT2D eigenvalue weighted by molar-refractivity contribution is -0.263. The summed E-state index contributed by atoms with van der Waals surface area (Å²) in [5.74, 6) is -0.308. The summed E-state index contributed by atoms with van der Waals surface area (Å²) in [6, 6.07) is -0.731. The van der Waals surface area contributed by atoms with E-state index in [1.165, 1.54) is 21.1 Å². The number of amides is 1. The minimum absolute atomic E-state index is 0.303. The van der Waals surface area contributed by atoms with Crippen LogP contribution in [0.4, 0.5) is 0 Å². The molecule has 0 aliphatic carbocycles. The van der Waals surface area contributed by atoms with Crippen LogP contribution in [0.2, 0.25) is 0 Å². The van der Waals surface area contributed by atoms with Crippen molar-refractivity contribution in [3.63, 3.8) is 0 Å². The van der Waals surface area contributed by atoms with Crippen LogP contribution >= 0.6 is 0 Å². The Labute approximate surface area is 99.7 Å². The van der Waals surface area contributed by atoms with Gasteiger partial charge in [0.15, 0.2) is 6.29 Å².